The summed E-state index contributed by atoms with van der Waals surface area (Å²) in [5, 5.41) is 0.159. The molecular formula is C18H29IO4Si. The molecular weight excluding hydrogens is 435 g/mol. The zero-order valence-corrected chi connectivity index (χ0v) is 18.9. The van der Waals surface area contributed by atoms with Crippen LogP contribution in [-0.4, -0.2) is 28.5 Å². The molecule has 0 aliphatic rings. The summed E-state index contributed by atoms with van der Waals surface area (Å²) in [5.74, 6) is 0.642. The van der Waals surface area contributed by atoms with Gasteiger partial charge in [-0.2, -0.15) is 0 Å². The van der Waals surface area contributed by atoms with Gasteiger partial charge in [-0.25, -0.2) is 0 Å². The van der Waals surface area contributed by atoms with Gasteiger partial charge in [0.1, 0.15) is 5.75 Å². The fourth-order valence-corrected chi connectivity index (χ4v) is 3.67. The highest BCUT2D eigenvalue weighted by Crippen LogP contribution is 2.37. The van der Waals surface area contributed by atoms with Crippen LogP contribution in [0.15, 0.2) is 12.1 Å². The number of aryl methyl sites for hydroxylation is 1. The lowest BCUT2D eigenvalue weighted by molar-refractivity contribution is -0.140. The first kappa shape index (κ1) is 21.4. The monoisotopic (exact) mass is 464 g/mol. The summed E-state index contributed by atoms with van der Waals surface area (Å²) in [7, 11) is 1.25. The number of carbonyl (C=O) groups is 1. The summed E-state index contributed by atoms with van der Waals surface area (Å²) in [4.78, 5) is 11.5. The molecule has 0 bridgehead atoms. The second-order valence-electron chi connectivity index (χ2n) is 7.38. The number of rotatable bonds is 7. The molecule has 0 saturated heterocycles. The minimum atomic E-state index is -1.84. The van der Waals surface area contributed by atoms with Crippen molar-refractivity contribution in [3.63, 3.8) is 0 Å². The van der Waals surface area contributed by atoms with Crippen LogP contribution in [0, 0.1) is 3.57 Å². The second kappa shape index (κ2) is 8.67. The first-order chi connectivity index (χ1) is 11.0. The van der Waals surface area contributed by atoms with Crippen LogP contribution < -0.4 is 4.74 Å². The third kappa shape index (κ3) is 5.74. The molecule has 0 spiro atoms. The van der Waals surface area contributed by atoms with Gasteiger partial charge in [0.25, 0.3) is 0 Å². The van der Waals surface area contributed by atoms with Crippen LogP contribution >= 0.6 is 22.6 Å². The molecule has 0 atom stereocenters. The Balaban J connectivity index is 3.03. The van der Waals surface area contributed by atoms with E-state index in [0.29, 0.717) is 19.4 Å². The average molecular weight is 464 g/mol. The lowest BCUT2D eigenvalue weighted by Crippen LogP contribution is -2.40. The number of halogens is 1. The molecule has 6 heteroatoms. The Bertz CT molecular complexity index is 579. The highest BCUT2D eigenvalue weighted by Gasteiger charge is 2.37. The minimum absolute atomic E-state index is 0.159. The van der Waals surface area contributed by atoms with Crippen molar-refractivity contribution in [1.82, 2.24) is 0 Å². The van der Waals surface area contributed by atoms with Crippen molar-refractivity contribution in [2.24, 2.45) is 0 Å². The molecule has 1 aromatic carbocycles. The molecule has 0 amide bonds. The van der Waals surface area contributed by atoms with E-state index in [0.717, 1.165) is 20.4 Å². The summed E-state index contributed by atoms with van der Waals surface area (Å²) in [6, 6.07) is 4.11. The standard InChI is InChI=1S/C18H29IO4Si/c1-18(2,3)24(6,7)23-12-14-11-16(21-4)15(19)10-13(14)8-9-17(20)22-5/h10-11H,8-9,12H2,1-7H3. The van der Waals surface area contributed by atoms with Crippen molar-refractivity contribution >= 4 is 36.9 Å². The van der Waals surface area contributed by atoms with Gasteiger partial charge < -0.3 is 13.9 Å². The van der Waals surface area contributed by atoms with Gasteiger partial charge in [0, 0.05) is 6.42 Å². The normalized spacial score (nSPS) is 12.2. The van der Waals surface area contributed by atoms with Crippen LogP contribution in [-0.2, 0) is 27.0 Å². The Morgan fingerprint density at radius 1 is 1.17 bits per heavy atom. The van der Waals surface area contributed by atoms with Crippen LogP contribution in [0.2, 0.25) is 18.1 Å². The number of hydrogen-bond donors (Lipinski definition) is 0. The molecule has 0 aromatic heterocycles. The Labute approximate surface area is 160 Å². The molecule has 0 aliphatic carbocycles. The highest BCUT2D eigenvalue weighted by molar-refractivity contribution is 14.1. The lowest BCUT2D eigenvalue weighted by Gasteiger charge is -2.36. The van der Waals surface area contributed by atoms with Crippen LogP contribution in [0.1, 0.15) is 38.3 Å². The summed E-state index contributed by atoms with van der Waals surface area (Å²) < 4.78 is 17.6. The van der Waals surface area contributed by atoms with Crippen molar-refractivity contribution in [2.75, 3.05) is 14.2 Å². The maximum absolute atomic E-state index is 11.5. The Morgan fingerprint density at radius 3 is 2.29 bits per heavy atom. The fraction of sp³-hybridized carbons (Fsp3) is 0.611. The van der Waals surface area contributed by atoms with Crippen molar-refractivity contribution in [1.29, 1.82) is 0 Å². The first-order valence-electron chi connectivity index (χ1n) is 8.08. The van der Waals surface area contributed by atoms with E-state index in [1.165, 1.54) is 7.11 Å². The zero-order valence-electron chi connectivity index (χ0n) is 15.8. The van der Waals surface area contributed by atoms with Crippen molar-refractivity contribution in [2.45, 2.75) is 58.4 Å². The molecule has 0 radical (unpaired) electrons. The van der Waals surface area contributed by atoms with Gasteiger partial charge >= 0.3 is 5.97 Å². The van der Waals surface area contributed by atoms with Crippen LogP contribution in [0.25, 0.3) is 0 Å². The summed E-state index contributed by atoms with van der Waals surface area (Å²) in [5.41, 5.74) is 2.20. The summed E-state index contributed by atoms with van der Waals surface area (Å²) in [6.45, 7) is 11.7. The highest BCUT2D eigenvalue weighted by atomic mass is 127. The molecule has 0 heterocycles. The van der Waals surface area contributed by atoms with Gasteiger partial charge in [-0.3, -0.25) is 4.79 Å². The van der Waals surface area contributed by atoms with Gasteiger partial charge in [-0.1, -0.05) is 20.8 Å². The number of ether oxygens (including phenoxy) is 2. The van der Waals surface area contributed by atoms with Gasteiger partial charge in [0.05, 0.1) is 24.4 Å². The van der Waals surface area contributed by atoms with E-state index < -0.39 is 8.32 Å². The summed E-state index contributed by atoms with van der Waals surface area (Å²) in [6.07, 6.45) is 1.01. The molecule has 1 aromatic rings. The van der Waals surface area contributed by atoms with E-state index in [4.69, 9.17) is 13.9 Å². The average Bonchev–Trinajstić information content (AvgIpc) is 2.50. The van der Waals surface area contributed by atoms with E-state index in [2.05, 4.69) is 62.5 Å². The van der Waals surface area contributed by atoms with E-state index in [9.17, 15) is 4.79 Å². The van der Waals surface area contributed by atoms with Crippen LogP contribution in [0.3, 0.4) is 0 Å². The number of esters is 1. The van der Waals surface area contributed by atoms with Crippen molar-refractivity contribution in [3.05, 3.63) is 26.8 Å². The third-order valence-electron chi connectivity index (χ3n) is 4.69. The molecule has 4 nitrogen and oxygen atoms in total. The second-order valence-corrected chi connectivity index (χ2v) is 13.4. The molecule has 136 valence electrons. The van der Waals surface area contributed by atoms with Gasteiger partial charge in [0.2, 0.25) is 0 Å². The quantitative estimate of drug-likeness (QED) is 0.326. The van der Waals surface area contributed by atoms with Gasteiger partial charge in [-0.05, 0) is 70.4 Å². The number of hydrogen-bond acceptors (Lipinski definition) is 4. The molecule has 0 saturated carbocycles. The maximum atomic E-state index is 11.5. The zero-order chi connectivity index (χ0) is 18.5. The van der Waals surface area contributed by atoms with Crippen LogP contribution in [0.4, 0.5) is 0 Å². The third-order valence-corrected chi connectivity index (χ3v) is 10.0. The van der Waals surface area contributed by atoms with Crippen molar-refractivity contribution in [3.8, 4) is 5.75 Å². The smallest absolute Gasteiger partial charge is 0.305 e. The summed E-state index contributed by atoms with van der Waals surface area (Å²) >= 11 is 2.25. The van der Waals surface area contributed by atoms with Gasteiger partial charge in [-0.15, -0.1) is 0 Å². The van der Waals surface area contributed by atoms with E-state index in [1.54, 1.807) is 7.11 Å². The predicted octanol–water partition coefficient (Wildman–Crippen LogP) is 4.93. The van der Waals surface area contributed by atoms with E-state index in [-0.39, 0.29) is 11.0 Å². The molecule has 1 rings (SSSR count). The predicted molar refractivity (Wildman–Crippen MR) is 108 cm³/mol. The number of carbonyl (C=O) groups excluding carboxylic acids is 1. The number of benzene rings is 1. The molecule has 0 unspecified atom stereocenters. The fourth-order valence-electron chi connectivity index (χ4n) is 1.97. The van der Waals surface area contributed by atoms with Crippen molar-refractivity contribution < 1.29 is 18.7 Å². The number of methoxy groups -OCH3 is 2. The first-order valence-corrected chi connectivity index (χ1v) is 12.1. The Hall–Kier alpha value is -0.603. The topological polar surface area (TPSA) is 44.8 Å². The Morgan fingerprint density at radius 2 is 1.79 bits per heavy atom. The van der Waals surface area contributed by atoms with Crippen LogP contribution in [0.5, 0.6) is 5.75 Å². The maximum Gasteiger partial charge on any atom is 0.305 e. The Kier molecular flexibility index (Phi) is 7.74. The molecule has 0 aliphatic heterocycles. The molecule has 0 fully saturated rings. The van der Waals surface area contributed by atoms with Gasteiger partial charge in [0.15, 0.2) is 8.32 Å². The largest absolute Gasteiger partial charge is 0.496 e. The minimum Gasteiger partial charge on any atom is -0.496 e. The van der Waals surface area contributed by atoms with E-state index in [1.807, 2.05) is 6.07 Å². The SMILES string of the molecule is COC(=O)CCc1cc(I)c(OC)cc1CO[Si](C)(C)C(C)(C)C. The molecule has 24 heavy (non-hydrogen) atoms. The molecule has 0 N–H and O–H groups in total. The van der Waals surface area contributed by atoms with E-state index >= 15 is 0 Å². The lowest BCUT2D eigenvalue weighted by atomic mass is 10.0.